The van der Waals surface area contributed by atoms with Gasteiger partial charge < -0.3 is 4.98 Å². The molecule has 0 atom stereocenters. The minimum atomic E-state index is -2.09. The summed E-state index contributed by atoms with van der Waals surface area (Å²) < 4.78 is 9.77. The molecule has 0 aliphatic heterocycles. The fraction of sp³-hybridized carbons (Fsp3) is 0.0638. The van der Waals surface area contributed by atoms with Crippen molar-refractivity contribution in [1.82, 2.24) is 14.5 Å². The third-order valence-corrected chi connectivity index (χ3v) is 13.5. The third kappa shape index (κ3) is 7.47. The molecule has 9 rings (SSSR count). The first-order valence-electron chi connectivity index (χ1n) is 17.5. The van der Waals surface area contributed by atoms with Gasteiger partial charge in [-0.25, -0.2) is 0 Å². The van der Waals surface area contributed by atoms with Crippen molar-refractivity contribution in [3.05, 3.63) is 182 Å². The van der Waals surface area contributed by atoms with E-state index in [-0.39, 0.29) is 20.1 Å². The zero-order valence-corrected chi connectivity index (χ0v) is 34.2. The van der Waals surface area contributed by atoms with Crippen LogP contribution in [0.5, 0.6) is 0 Å². The summed E-state index contributed by atoms with van der Waals surface area (Å²) >= 11 is -2.09. The van der Waals surface area contributed by atoms with E-state index in [1.165, 1.54) is 4.40 Å². The van der Waals surface area contributed by atoms with Crippen molar-refractivity contribution in [2.24, 2.45) is 0 Å². The second-order valence-corrected chi connectivity index (χ2v) is 24.4. The van der Waals surface area contributed by atoms with E-state index in [4.69, 9.17) is 9.40 Å². The number of pyridine rings is 1. The number of rotatable bonds is 6. The van der Waals surface area contributed by atoms with Gasteiger partial charge in [0, 0.05) is 26.3 Å². The van der Waals surface area contributed by atoms with Gasteiger partial charge in [0.2, 0.25) is 0 Å². The predicted molar refractivity (Wildman–Crippen MR) is 217 cm³/mol. The number of nitrogens with zero attached hydrogens (tertiary/aromatic N) is 3. The molecule has 6 heteroatoms. The van der Waals surface area contributed by atoms with Crippen LogP contribution in [0.2, 0.25) is 17.3 Å². The molecular weight excluding hydrogens is 887 g/mol. The van der Waals surface area contributed by atoms with E-state index in [1.807, 2.05) is 48.5 Å². The molecule has 0 unspecified atom stereocenters. The summed E-state index contributed by atoms with van der Waals surface area (Å²) in [6.45, 7) is 0. The van der Waals surface area contributed by atoms with E-state index >= 15 is 0 Å². The van der Waals surface area contributed by atoms with E-state index in [0.29, 0.717) is 0 Å². The number of hydrogen-bond donors (Lipinski definition) is 0. The third-order valence-electron chi connectivity index (χ3n) is 9.24. The Morgan fingerprint density at radius 3 is 1.94 bits per heavy atom. The van der Waals surface area contributed by atoms with Gasteiger partial charge >= 0.3 is 238 Å². The van der Waals surface area contributed by atoms with Crippen molar-refractivity contribution in [2.45, 2.75) is 17.3 Å². The summed E-state index contributed by atoms with van der Waals surface area (Å²) in [7, 11) is 0. The van der Waals surface area contributed by atoms with Crippen LogP contribution in [-0.4, -0.2) is 27.8 Å². The zero-order chi connectivity index (χ0) is 35.5. The van der Waals surface area contributed by atoms with Crippen LogP contribution in [0.4, 0.5) is 0 Å². The van der Waals surface area contributed by atoms with Crippen LogP contribution in [0.1, 0.15) is 0 Å². The Kier molecular flexibility index (Phi) is 10.7. The normalized spacial score (nSPS) is 11.2. The van der Waals surface area contributed by atoms with E-state index < -0.39 is 13.3 Å². The second-order valence-electron chi connectivity index (χ2n) is 13.7. The van der Waals surface area contributed by atoms with Gasteiger partial charge in [0.05, 0.1) is 0 Å². The molecule has 3 heterocycles. The molecule has 1 radical (unpaired) electrons. The molecule has 0 fully saturated rings. The van der Waals surface area contributed by atoms with Gasteiger partial charge in [0.15, 0.2) is 0 Å². The van der Waals surface area contributed by atoms with Gasteiger partial charge in [0.1, 0.15) is 0 Å². The van der Waals surface area contributed by atoms with Crippen LogP contribution in [-0.2, 0) is 20.1 Å². The molecule has 0 N–H and O–H groups in total. The summed E-state index contributed by atoms with van der Waals surface area (Å²) in [4.78, 5) is 9.45. The molecule has 3 aromatic heterocycles. The molecule has 0 bridgehead atoms. The number of benzene rings is 6. The SMILES string of the molecule is [CH3][Ge]([CH3])([CH3])[c]1ccc2o[c-]c(-c3nc4ccccc4n3-c3c(-c4ccccc4)cccc3-c3ccccc3)c2c1.[Ir].[c-]1ccccc1-c1ccccn1. The molecule has 0 aliphatic rings. The fourth-order valence-corrected chi connectivity index (χ4v) is 9.02. The van der Waals surface area contributed by atoms with Crippen molar-refractivity contribution >= 4 is 39.7 Å². The van der Waals surface area contributed by atoms with Crippen molar-refractivity contribution in [3.63, 3.8) is 0 Å². The van der Waals surface area contributed by atoms with Crippen LogP contribution in [0.3, 0.4) is 0 Å². The number of aromatic nitrogens is 3. The van der Waals surface area contributed by atoms with Crippen LogP contribution in [0, 0.1) is 12.3 Å². The van der Waals surface area contributed by atoms with Gasteiger partial charge in [-0.1, -0.05) is 12.1 Å². The Morgan fingerprint density at radius 2 is 1.30 bits per heavy atom. The molecular formula is C47H37GeIrN3O-2. The van der Waals surface area contributed by atoms with E-state index in [0.717, 1.165) is 72.6 Å². The number of furan rings is 1. The van der Waals surface area contributed by atoms with Gasteiger partial charge in [-0.05, 0) is 11.8 Å². The monoisotopic (exact) mass is 926 g/mol. The van der Waals surface area contributed by atoms with Crippen LogP contribution in [0.25, 0.3) is 72.6 Å². The molecule has 9 aromatic rings. The number of para-hydroxylation sites is 3. The Labute approximate surface area is 326 Å². The Hall–Kier alpha value is -5.33. The maximum Gasteiger partial charge on any atom is 0.0160 e. The second kappa shape index (κ2) is 15.7. The van der Waals surface area contributed by atoms with Gasteiger partial charge in [-0.2, -0.15) is 0 Å². The van der Waals surface area contributed by atoms with Crippen LogP contribution >= 0.6 is 0 Å². The summed E-state index contributed by atoms with van der Waals surface area (Å²) in [5.74, 6) is 8.09. The average Bonchev–Trinajstić information content (AvgIpc) is 3.80. The summed E-state index contributed by atoms with van der Waals surface area (Å²) in [6, 6.07) is 59.6. The number of hydrogen-bond acceptors (Lipinski definition) is 3. The van der Waals surface area contributed by atoms with Gasteiger partial charge in [0.25, 0.3) is 0 Å². The Morgan fingerprint density at radius 1 is 0.642 bits per heavy atom. The molecule has 0 amide bonds. The first-order valence-corrected chi connectivity index (χ1v) is 24.8. The maximum absolute atomic E-state index is 6.03. The number of fused-ring (bicyclic) bond motifs is 2. The molecule has 0 saturated carbocycles. The first kappa shape index (κ1) is 36.0. The van der Waals surface area contributed by atoms with E-state index in [9.17, 15) is 0 Å². The van der Waals surface area contributed by atoms with Crippen molar-refractivity contribution in [3.8, 4) is 50.6 Å². The molecule has 4 nitrogen and oxygen atoms in total. The minimum absolute atomic E-state index is 0. The van der Waals surface area contributed by atoms with Crippen LogP contribution < -0.4 is 4.40 Å². The van der Waals surface area contributed by atoms with E-state index in [2.05, 4.69) is 154 Å². The van der Waals surface area contributed by atoms with Gasteiger partial charge in [-0.15, -0.1) is 35.9 Å². The Balaban J connectivity index is 0.000000284. The quantitative estimate of drug-likeness (QED) is 0.123. The van der Waals surface area contributed by atoms with Crippen LogP contribution in [0.15, 0.2) is 174 Å². The molecule has 0 aliphatic carbocycles. The largest absolute Gasteiger partial charge is 0.305 e. The minimum Gasteiger partial charge on any atom is -0.305 e. The first-order chi connectivity index (χ1) is 25.5. The predicted octanol–water partition coefficient (Wildman–Crippen LogP) is 11.7. The topological polar surface area (TPSA) is 43.9 Å². The zero-order valence-electron chi connectivity index (χ0n) is 29.7. The van der Waals surface area contributed by atoms with Crippen molar-refractivity contribution in [2.75, 3.05) is 0 Å². The summed E-state index contributed by atoms with van der Waals surface area (Å²) in [5.41, 5.74) is 11.4. The Bertz CT molecular complexity index is 2500. The summed E-state index contributed by atoms with van der Waals surface area (Å²) in [5, 5.41) is 1.06. The molecule has 6 aromatic carbocycles. The summed E-state index contributed by atoms with van der Waals surface area (Å²) in [6.07, 6.45) is 5.05. The van der Waals surface area contributed by atoms with Crippen molar-refractivity contribution in [1.29, 1.82) is 0 Å². The van der Waals surface area contributed by atoms with Crippen molar-refractivity contribution < 1.29 is 24.5 Å². The fourth-order valence-electron chi connectivity index (χ4n) is 6.59. The van der Waals surface area contributed by atoms with E-state index in [1.54, 1.807) is 6.20 Å². The maximum atomic E-state index is 6.03. The number of imidazole rings is 1. The molecule has 0 spiro atoms. The standard InChI is InChI=1S/C36H29GeN2O.C11H8N.Ir/c1-37(2,3)27-21-22-34-30(23-27)31(24-40-34)36-38-32-19-10-11-20-33(32)39(36)35-28(25-13-6-4-7-14-25)17-12-18-29(35)26-15-8-5-9-16-26;1-2-6-10(7-3-1)11-8-4-5-9-12-11;/h4-23H,1-3H3;1-6,8-9H;/q2*-1;. The average molecular weight is 925 g/mol. The smallest absolute Gasteiger partial charge is 0.0160 e. The molecule has 53 heavy (non-hydrogen) atoms. The van der Waals surface area contributed by atoms with Gasteiger partial charge in [-0.3, -0.25) is 0 Å². The molecule has 0 saturated heterocycles. The molecule has 261 valence electrons.